The van der Waals surface area contributed by atoms with Crippen molar-refractivity contribution in [3.8, 4) is 0 Å². The minimum atomic E-state index is -1.10. The van der Waals surface area contributed by atoms with Crippen molar-refractivity contribution >= 4 is 17.5 Å². The third kappa shape index (κ3) is 3.02. The van der Waals surface area contributed by atoms with Crippen LogP contribution < -0.4 is 0 Å². The van der Waals surface area contributed by atoms with Crippen LogP contribution >= 0.6 is 11.6 Å². The number of hydrogen-bond donors (Lipinski definition) is 0. The summed E-state index contributed by atoms with van der Waals surface area (Å²) in [4.78, 5) is 14.3. The van der Waals surface area contributed by atoms with Crippen molar-refractivity contribution in [2.45, 2.75) is 38.6 Å². The van der Waals surface area contributed by atoms with Gasteiger partial charge in [0.2, 0.25) is 0 Å². The molecule has 1 saturated heterocycles. The molecule has 0 bridgehead atoms. The predicted molar refractivity (Wildman–Crippen MR) is 85.0 cm³/mol. The van der Waals surface area contributed by atoms with E-state index in [1.165, 1.54) is 0 Å². The van der Waals surface area contributed by atoms with Crippen molar-refractivity contribution in [2.24, 2.45) is 0 Å². The van der Waals surface area contributed by atoms with Crippen molar-refractivity contribution in [2.75, 3.05) is 6.54 Å². The highest BCUT2D eigenvalue weighted by Gasteiger charge is 2.34. The van der Waals surface area contributed by atoms with Gasteiger partial charge >= 0.3 is 0 Å². The number of amides is 1. The van der Waals surface area contributed by atoms with Crippen LogP contribution in [0, 0.1) is 11.6 Å². The van der Waals surface area contributed by atoms with E-state index in [9.17, 15) is 13.6 Å². The molecule has 2 heterocycles. The maximum atomic E-state index is 13.5. The zero-order valence-corrected chi connectivity index (χ0v) is 14.1. The van der Waals surface area contributed by atoms with Gasteiger partial charge in [0.25, 0.3) is 5.91 Å². The molecule has 1 aliphatic rings. The van der Waals surface area contributed by atoms with Crippen LogP contribution in [0.15, 0.2) is 22.7 Å². The number of rotatable bonds is 3. The quantitative estimate of drug-likeness (QED) is 0.750. The first-order valence-corrected chi connectivity index (χ1v) is 8.18. The van der Waals surface area contributed by atoms with E-state index < -0.39 is 17.5 Å². The lowest BCUT2D eigenvalue weighted by molar-refractivity contribution is 0.0714. The van der Waals surface area contributed by atoms with Crippen molar-refractivity contribution in [3.05, 3.63) is 51.9 Å². The smallest absolute Gasteiger partial charge is 0.256 e. The molecule has 24 heavy (non-hydrogen) atoms. The minimum Gasteiger partial charge on any atom is -0.359 e. The molecule has 1 atom stereocenters. The number of nitrogens with zero attached hydrogens (tertiary/aromatic N) is 2. The first kappa shape index (κ1) is 16.9. The van der Waals surface area contributed by atoms with Gasteiger partial charge in [-0.25, -0.2) is 8.78 Å². The van der Waals surface area contributed by atoms with Crippen molar-refractivity contribution < 1.29 is 18.1 Å². The van der Waals surface area contributed by atoms with E-state index in [4.69, 9.17) is 16.1 Å². The Morgan fingerprint density at radius 1 is 1.33 bits per heavy atom. The Kier molecular flexibility index (Phi) is 4.58. The normalized spacial score (nSPS) is 17.8. The number of likely N-dealkylation sites (tertiary alicyclic amines) is 1. The van der Waals surface area contributed by atoms with Crippen LogP contribution in [-0.4, -0.2) is 22.5 Å². The fourth-order valence-corrected chi connectivity index (χ4v) is 3.11. The molecule has 128 valence electrons. The molecule has 0 spiro atoms. The lowest BCUT2D eigenvalue weighted by Crippen LogP contribution is -2.30. The summed E-state index contributed by atoms with van der Waals surface area (Å²) >= 11 is 5.92. The molecule has 7 heteroatoms. The monoisotopic (exact) mass is 354 g/mol. The second-order valence-electron chi connectivity index (χ2n) is 6.21. The standard InChI is InChI=1S/C17H17ClF2N2O2/c1-9(2)14-8-16(24-21-14)15-4-3-5-22(15)17(23)10-6-12(19)13(20)7-11(10)18/h6-9,15H,3-5H2,1-2H3/t15-/m1/s1. The molecule has 0 aliphatic carbocycles. The fraction of sp³-hybridized carbons (Fsp3) is 0.412. The van der Waals surface area contributed by atoms with E-state index in [0.29, 0.717) is 12.3 Å². The number of carbonyl (C=O) groups is 1. The van der Waals surface area contributed by atoms with Gasteiger partial charge in [-0.2, -0.15) is 0 Å². The summed E-state index contributed by atoms with van der Waals surface area (Å²) in [6, 6.07) is 3.23. The Morgan fingerprint density at radius 3 is 2.71 bits per heavy atom. The van der Waals surface area contributed by atoms with E-state index in [1.54, 1.807) is 4.90 Å². The van der Waals surface area contributed by atoms with Gasteiger partial charge in [-0.1, -0.05) is 30.6 Å². The van der Waals surface area contributed by atoms with Crippen LogP contribution in [-0.2, 0) is 0 Å². The molecule has 1 fully saturated rings. The summed E-state index contributed by atoms with van der Waals surface area (Å²) in [6.45, 7) is 4.50. The molecule has 0 radical (unpaired) electrons. The molecule has 1 aliphatic heterocycles. The average molecular weight is 355 g/mol. The van der Waals surface area contributed by atoms with E-state index in [0.717, 1.165) is 30.7 Å². The van der Waals surface area contributed by atoms with Gasteiger partial charge in [0.1, 0.15) is 0 Å². The minimum absolute atomic E-state index is 0.0499. The molecule has 1 aromatic heterocycles. The summed E-state index contributed by atoms with van der Waals surface area (Å²) in [5.41, 5.74) is 0.765. The van der Waals surface area contributed by atoms with Gasteiger partial charge in [-0.05, 0) is 30.9 Å². The summed E-state index contributed by atoms with van der Waals surface area (Å²) in [7, 11) is 0. The zero-order chi connectivity index (χ0) is 17.4. The van der Waals surface area contributed by atoms with Gasteiger partial charge in [0.05, 0.1) is 22.3 Å². The average Bonchev–Trinajstić information content (AvgIpc) is 3.18. The zero-order valence-electron chi connectivity index (χ0n) is 13.4. The third-order valence-electron chi connectivity index (χ3n) is 4.22. The van der Waals surface area contributed by atoms with E-state index in [2.05, 4.69) is 5.16 Å². The summed E-state index contributed by atoms with van der Waals surface area (Å²) < 4.78 is 32.1. The first-order valence-electron chi connectivity index (χ1n) is 7.80. The first-order chi connectivity index (χ1) is 11.4. The summed E-state index contributed by atoms with van der Waals surface area (Å²) in [6.07, 6.45) is 1.51. The molecule has 0 N–H and O–H groups in total. The maximum absolute atomic E-state index is 13.5. The molecule has 2 aromatic rings. The van der Waals surface area contributed by atoms with Crippen LogP contribution in [0.5, 0.6) is 0 Å². The van der Waals surface area contributed by atoms with Crippen molar-refractivity contribution in [1.29, 1.82) is 0 Å². The van der Waals surface area contributed by atoms with E-state index >= 15 is 0 Å². The number of carbonyl (C=O) groups excluding carboxylic acids is 1. The molecular formula is C17H17ClF2N2O2. The number of halogens is 3. The third-order valence-corrected chi connectivity index (χ3v) is 4.53. The highest BCUT2D eigenvalue weighted by Crippen LogP contribution is 2.35. The molecule has 1 aromatic carbocycles. The Hall–Kier alpha value is -1.95. The second kappa shape index (κ2) is 6.51. The largest absolute Gasteiger partial charge is 0.359 e. The number of benzene rings is 1. The topological polar surface area (TPSA) is 46.3 Å². The Bertz CT molecular complexity index is 776. The van der Waals surface area contributed by atoms with Gasteiger partial charge in [-0.3, -0.25) is 4.79 Å². The van der Waals surface area contributed by atoms with Gasteiger partial charge in [0.15, 0.2) is 17.4 Å². The van der Waals surface area contributed by atoms with Crippen LogP contribution in [0.3, 0.4) is 0 Å². The summed E-state index contributed by atoms with van der Waals surface area (Å²) in [5, 5.41) is 3.91. The Morgan fingerprint density at radius 2 is 2.04 bits per heavy atom. The predicted octanol–water partition coefficient (Wildman–Crippen LogP) is 4.71. The van der Waals surface area contributed by atoms with Gasteiger partial charge in [0, 0.05) is 12.6 Å². The Balaban J connectivity index is 1.90. The second-order valence-corrected chi connectivity index (χ2v) is 6.62. The van der Waals surface area contributed by atoms with Gasteiger partial charge in [-0.15, -0.1) is 0 Å². The van der Waals surface area contributed by atoms with Gasteiger partial charge < -0.3 is 9.42 Å². The highest BCUT2D eigenvalue weighted by molar-refractivity contribution is 6.33. The highest BCUT2D eigenvalue weighted by atomic mass is 35.5. The lowest BCUT2D eigenvalue weighted by atomic mass is 10.1. The molecule has 1 amide bonds. The van der Waals surface area contributed by atoms with E-state index in [-0.39, 0.29) is 22.5 Å². The number of hydrogen-bond acceptors (Lipinski definition) is 3. The number of aromatic nitrogens is 1. The Labute approximate surface area is 143 Å². The molecule has 4 nitrogen and oxygen atoms in total. The molecule has 0 saturated carbocycles. The van der Waals surface area contributed by atoms with Crippen LogP contribution in [0.2, 0.25) is 5.02 Å². The fourth-order valence-electron chi connectivity index (χ4n) is 2.88. The summed E-state index contributed by atoms with van der Waals surface area (Å²) in [5.74, 6) is -1.80. The molecule has 3 rings (SSSR count). The van der Waals surface area contributed by atoms with Crippen molar-refractivity contribution in [1.82, 2.24) is 10.1 Å². The lowest BCUT2D eigenvalue weighted by Gasteiger charge is -2.23. The van der Waals surface area contributed by atoms with Crippen LogP contribution in [0.25, 0.3) is 0 Å². The van der Waals surface area contributed by atoms with Crippen LogP contribution in [0.4, 0.5) is 8.78 Å². The maximum Gasteiger partial charge on any atom is 0.256 e. The van der Waals surface area contributed by atoms with Crippen LogP contribution in [0.1, 0.15) is 60.5 Å². The molecular weight excluding hydrogens is 338 g/mol. The SMILES string of the molecule is CC(C)c1cc([C@H]2CCCN2C(=O)c2cc(F)c(F)cc2Cl)on1. The molecule has 0 unspecified atom stereocenters. The van der Waals surface area contributed by atoms with Crippen molar-refractivity contribution in [3.63, 3.8) is 0 Å². The van der Waals surface area contributed by atoms with E-state index in [1.807, 2.05) is 19.9 Å².